The van der Waals surface area contributed by atoms with Crippen LogP contribution >= 0.6 is 0 Å². The van der Waals surface area contributed by atoms with Crippen molar-refractivity contribution in [3.05, 3.63) is 46.8 Å². The van der Waals surface area contributed by atoms with Gasteiger partial charge in [-0.15, -0.1) is 0 Å². The van der Waals surface area contributed by atoms with Gasteiger partial charge in [-0.05, 0) is 17.7 Å². The number of aliphatic hydroxyl groups is 6. The third-order valence-electron chi connectivity index (χ3n) is 6.87. The zero-order chi connectivity index (χ0) is 29.6. The normalized spacial score (nSPS) is 32.2. The third-order valence-corrected chi connectivity index (χ3v) is 6.87. The monoisotopic (exact) mass is 580 g/mol. The molecule has 2 aliphatic rings. The van der Waals surface area contributed by atoms with Gasteiger partial charge in [0.1, 0.15) is 59.8 Å². The number of aromatic hydroxyl groups is 3. The van der Waals surface area contributed by atoms with E-state index in [1.807, 2.05) is 0 Å². The molecule has 3 aromatic rings. The molecule has 41 heavy (non-hydrogen) atoms. The molecule has 222 valence electrons. The number of phenols is 3. The Morgan fingerprint density at radius 2 is 1.54 bits per heavy atom. The molecule has 2 saturated heterocycles. The number of ether oxygens (including phenoxy) is 4. The molecule has 15 heteroatoms. The van der Waals surface area contributed by atoms with E-state index in [2.05, 4.69) is 0 Å². The Kier molecular flexibility index (Phi) is 8.06. The van der Waals surface area contributed by atoms with Crippen LogP contribution in [-0.2, 0) is 14.2 Å². The Bertz CT molecular complexity index is 1460. The minimum absolute atomic E-state index is 0.0861. The number of phenolic OH excluding ortho intramolecular Hbond substituents is 3. The van der Waals surface area contributed by atoms with Crippen molar-refractivity contribution in [2.75, 3.05) is 13.2 Å². The molecule has 2 aromatic carbocycles. The topological polar surface area (TPSA) is 249 Å². The van der Waals surface area contributed by atoms with Gasteiger partial charge in [0, 0.05) is 23.8 Å². The molecule has 5 rings (SSSR count). The lowest BCUT2D eigenvalue weighted by Crippen LogP contribution is -2.61. The number of rotatable bonds is 6. The van der Waals surface area contributed by atoms with Crippen molar-refractivity contribution in [3.8, 4) is 34.1 Å². The molecular formula is C26H28O15. The highest BCUT2D eigenvalue weighted by molar-refractivity contribution is 5.98. The largest absolute Gasteiger partial charge is 0.508 e. The summed E-state index contributed by atoms with van der Waals surface area (Å²) >= 11 is 0. The van der Waals surface area contributed by atoms with E-state index in [0.29, 0.717) is 0 Å². The van der Waals surface area contributed by atoms with Gasteiger partial charge in [0.2, 0.25) is 6.29 Å². The quantitative estimate of drug-likeness (QED) is 0.115. The summed E-state index contributed by atoms with van der Waals surface area (Å²) < 4.78 is 27.2. The van der Waals surface area contributed by atoms with Gasteiger partial charge in [0.05, 0.1) is 18.6 Å². The highest BCUT2D eigenvalue weighted by atomic mass is 16.7. The molecule has 9 atom stereocenters. The summed E-state index contributed by atoms with van der Waals surface area (Å²) in [5, 5.41) is 91.2. The summed E-state index contributed by atoms with van der Waals surface area (Å²) in [6.07, 6.45) is -14.3. The van der Waals surface area contributed by atoms with Crippen molar-refractivity contribution in [3.63, 3.8) is 0 Å². The Balaban J connectivity index is 1.45. The average Bonchev–Trinajstić information content (AvgIpc) is 2.93. The fraction of sp³-hybridized carbons (Fsp3) is 0.423. The van der Waals surface area contributed by atoms with Crippen LogP contribution in [-0.4, -0.2) is 114 Å². The van der Waals surface area contributed by atoms with E-state index in [4.69, 9.17) is 23.4 Å². The van der Waals surface area contributed by atoms with Crippen LogP contribution in [0.15, 0.2) is 45.6 Å². The van der Waals surface area contributed by atoms with Crippen molar-refractivity contribution >= 4 is 11.0 Å². The van der Waals surface area contributed by atoms with Gasteiger partial charge >= 0.3 is 5.63 Å². The Morgan fingerprint density at radius 1 is 0.805 bits per heavy atom. The lowest BCUT2D eigenvalue weighted by atomic mass is 9.98. The molecule has 1 aromatic heterocycles. The second-order valence-electron chi connectivity index (χ2n) is 9.72. The molecule has 0 aliphatic carbocycles. The first kappa shape index (κ1) is 29.0. The van der Waals surface area contributed by atoms with Crippen LogP contribution in [0.4, 0.5) is 0 Å². The summed E-state index contributed by atoms with van der Waals surface area (Å²) in [6.45, 7) is -0.866. The van der Waals surface area contributed by atoms with Crippen LogP contribution in [0.1, 0.15) is 0 Å². The van der Waals surface area contributed by atoms with E-state index in [0.717, 1.165) is 18.2 Å². The summed E-state index contributed by atoms with van der Waals surface area (Å²) in [7, 11) is 0. The maximum Gasteiger partial charge on any atom is 0.336 e. The highest BCUT2D eigenvalue weighted by Crippen LogP contribution is 2.40. The Morgan fingerprint density at radius 3 is 2.27 bits per heavy atom. The van der Waals surface area contributed by atoms with E-state index in [9.17, 15) is 50.8 Å². The Hall–Kier alpha value is -3.51. The summed E-state index contributed by atoms with van der Waals surface area (Å²) in [6, 6.07) is 7.08. The van der Waals surface area contributed by atoms with Crippen molar-refractivity contribution in [1.82, 2.24) is 0 Å². The summed E-state index contributed by atoms with van der Waals surface area (Å²) in [5.74, 6) is -1.49. The first-order valence-electron chi connectivity index (χ1n) is 12.4. The number of fused-ring (bicyclic) bond motifs is 1. The van der Waals surface area contributed by atoms with Crippen LogP contribution in [0.5, 0.6) is 23.0 Å². The fourth-order valence-electron chi connectivity index (χ4n) is 4.65. The van der Waals surface area contributed by atoms with E-state index in [1.54, 1.807) is 0 Å². The molecule has 2 aliphatic heterocycles. The van der Waals surface area contributed by atoms with Crippen molar-refractivity contribution in [2.45, 2.75) is 55.3 Å². The minimum atomic E-state index is -1.83. The zero-order valence-electron chi connectivity index (χ0n) is 21.0. The van der Waals surface area contributed by atoms with Crippen LogP contribution in [0, 0.1) is 0 Å². The molecular weight excluding hydrogens is 552 g/mol. The summed E-state index contributed by atoms with van der Waals surface area (Å²) in [4.78, 5) is 12.3. The van der Waals surface area contributed by atoms with Crippen molar-refractivity contribution in [2.24, 2.45) is 0 Å². The molecule has 0 amide bonds. The van der Waals surface area contributed by atoms with Crippen LogP contribution in [0.2, 0.25) is 0 Å². The van der Waals surface area contributed by atoms with Gasteiger partial charge < -0.3 is 69.3 Å². The third kappa shape index (κ3) is 5.67. The molecule has 0 bridgehead atoms. The standard InChI is InChI=1S/C26H28O15/c27-10-4-15-19(11(6-18(31)39-15)9-1-2-12(28)13(29)3-9)16(5-10)40-26-24(36)22(34)21(33)17(41-26)8-38-25-23(35)20(32)14(30)7-37-25/h1-6,14,17,20-30,32-36H,7-8H2/t14-,17+,20-,21-,22-,23-,24-,25-,26-/m1/s1. The number of hydrogen-bond acceptors (Lipinski definition) is 15. The molecule has 0 spiro atoms. The molecule has 2 fully saturated rings. The SMILES string of the molecule is O=c1cc(-c2ccc(O)c(O)c2)c2c(O[C@@H]3O[C@@H](CO[C@H]4OC[C@@H](O)[C@@H](O)[C@H]4O)[C@@H](O)[C@@H](O)[C@H]3O)cc(O)cc2o1. The van der Waals surface area contributed by atoms with Crippen LogP contribution in [0.3, 0.4) is 0 Å². The second kappa shape index (κ2) is 11.4. The molecule has 0 saturated carbocycles. The molecule has 0 radical (unpaired) electrons. The number of aliphatic hydroxyl groups excluding tert-OH is 6. The molecule has 0 unspecified atom stereocenters. The highest BCUT2D eigenvalue weighted by Gasteiger charge is 2.46. The smallest absolute Gasteiger partial charge is 0.336 e. The van der Waals surface area contributed by atoms with Crippen molar-refractivity contribution in [1.29, 1.82) is 0 Å². The predicted octanol–water partition coefficient (Wildman–Crippen LogP) is -1.78. The van der Waals surface area contributed by atoms with E-state index >= 15 is 0 Å². The number of benzene rings is 2. The van der Waals surface area contributed by atoms with Gasteiger partial charge in [0.25, 0.3) is 0 Å². The van der Waals surface area contributed by atoms with E-state index < -0.39 is 84.8 Å². The fourth-order valence-corrected chi connectivity index (χ4v) is 4.65. The van der Waals surface area contributed by atoms with E-state index in [-0.39, 0.29) is 34.5 Å². The average molecular weight is 580 g/mol. The van der Waals surface area contributed by atoms with Gasteiger partial charge in [-0.2, -0.15) is 0 Å². The van der Waals surface area contributed by atoms with Crippen LogP contribution in [0.25, 0.3) is 22.1 Å². The van der Waals surface area contributed by atoms with Gasteiger partial charge in [-0.25, -0.2) is 4.79 Å². The lowest BCUT2D eigenvalue weighted by molar-refractivity contribution is -0.307. The molecule has 15 nitrogen and oxygen atoms in total. The molecule has 3 heterocycles. The first-order valence-corrected chi connectivity index (χ1v) is 12.4. The van der Waals surface area contributed by atoms with Gasteiger partial charge in [-0.1, -0.05) is 6.07 Å². The number of hydrogen-bond donors (Lipinski definition) is 9. The van der Waals surface area contributed by atoms with Crippen LogP contribution < -0.4 is 10.4 Å². The predicted molar refractivity (Wildman–Crippen MR) is 134 cm³/mol. The maximum absolute atomic E-state index is 12.3. The van der Waals surface area contributed by atoms with E-state index in [1.165, 1.54) is 18.2 Å². The van der Waals surface area contributed by atoms with Gasteiger partial charge in [-0.3, -0.25) is 0 Å². The molecule has 9 N–H and O–H groups in total. The minimum Gasteiger partial charge on any atom is -0.508 e. The lowest BCUT2D eigenvalue weighted by Gasteiger charge is -2.41. The Labute approximate surface area is 230 Å². The van der Waals surface area contributed by atoms with Gasteiger partial charge in [0.15, 0.2) is 17.8 Å². The second-order valence-corrected chi connectivity index (χ2v) is 9.72. The first-order chi connectivity index (χ1) is 19.4. The zero-order valence-corrected chi connectivity index (χ0v) is 21.0. The summed E-state index contributed by atoms with van der Waals surface area (Å²) in [5.41, 5.74) is -0.563. The maximum atomic E-state index is 12.3. The van der Waals surface area contributed by atoms with Crippen molar-refractivity contribution < 1.29 is 69.3 Å².